The summed E-state index contributed by atoms with van der Waals surface area (Å²) >= 11 is 0. The van der Waals surface area contributed by atoms with Crippen molar-refractivity contribution in [2.45, 2.75) is 0 Å². The molecule has 2 aromatic rings. The molecule has 0 aliphatic rings. The summed E-state index contributed by atoms with van der Waals surface area (Å²) in [6.45, 7) is 2.51. The highest BCUT2D eigenvalue weighted by Crippen LogP contribution is 2.21. The number of ether oxygens (including phenoxy) is 2. The van der Waals surface area contributed by atoms with E-state index in [4.69, 9.17) is 9.47 Å². The number of anilines is 2. The summed E-state index contributed by atoms with van der Waals surface area (Å²) in [6, 6.07) is 7.92. The Kier molecular flexibility index (Phi) is 5.52. The molecule has 0 bridgehead atoms. The summed E-state index contributed by atoms with van der Waals surface area (Å²) in [5.41, 5.74) is 0.912. The molecule has 108 valence electrons. The summed E-state index contributed by atoms with van der Waals surface area (Å²) in [7, 11) is 3.47. The molecule has 0 atom stereocenters. The molecule has 0 saturated heterocycles. The topological polar surface area (TPSA) is 68.3 Å². The van der Waals surface area contributed by atoms with Crippen LogP contribution in [0.25, 0.3) is 10.9 Å². The highest BCUT2D eigenvalue weighted by Gasteiger charge is 2.05. The van der Waals surface area contributed by atoms with Gasteiger partial charge in [0.2, 0.25) is 5.95 Å². The first kappa shape index (κ1) is 14.5. The third-order valence-corrected chi connectivity index (χ3v) is 2.80. The standard InChI is InChI=1S/C14H20N4O2/c1-15-14-17-12-6-4-3-5-11(12)13(18-14)16-7-8-20-10-9-19-2/h3-6H,7-10H2,1-2H3,(H2,15,16,17,18). The molecule has 0 fully saturated rings. The Hall–Kier alpha value is -1.92. The summed E-state index contributed by atoms with van der Waals surface area (Å²) in [5, 5.41) is 7.25. The predicted octanol–water partition coefficient (Wildman–Crippen LogP) is 1.75. The van der Waals surface area contributed by atoms with Crippen LogP contribution in [0.3, 0.4) is 0 Å². The number of nitrogens with one attached hydrogen (secondary N) is 2. The van der Waals surface area contributed by atoms with Gasteiger partial charge in [-0.1, -0.05) is 12.1 Å². The first-order valence-electron chi connectivity index (χ1n) is 6.60. The lowest BCUT2D eigenvalue weighted by molar-refractivity contribution is 0.0759. The van der Waals surface area contributed by atoms with Crippen molar-refractivity contribution in [3.63, 3.8) is 0 Å². The van der Waals surface area contributed by atoms with E-state index in [1.807, 2.05) is 31.3 Å². The fourth-order valence-corrected chi connectivity index (χ4v) is 1.81. The van der Waals surface area contributed by atoms with E-state index in [2.05, 4.69) is 20.6 Å². The molecule has 0 spiro atoms. The van der Waals surface area contributed by atoms with Crippen LogP contribution in [0.2, 0.25) is 0 Å². The van der Waals surface area contributed by atoms with Crippen LogP contribution in [0, 0.1) is 0 Å². The van der Waals surface area contributed by atoms with Gasteiger partial charge in [0.25, 0.3) is 0 Å². The number of hydrogen-bond donors (Lipinski definition) is 2. The minimum atomic E-state index is 0.602. The Morgan fingerprint density at radius 1 is 1.10 bits per heavy atom. The van der Waals surface area contributed by atoms with Gasteiger partial charge in [-0.05, 0) is 12.1 Å². The SMILES string of the molecule is CNc1nc(NCCOCCOC)c2ccccc2n1. The molecule has 6 heteroatoms. The van der Waals surface area contributed by atoms with E-state index in [0.717, 1.165) is 16.7 Å². The van der Waals surface area contributed by atoms with E-state index in [0.29, 0.717) is 32.3 Å². The van der Waals surface area contributed by atoms with Crippen molar-refractivity contribution in [3.05, 3.63) is 24.3 Å². The fraction of sp³-hybridized carbons (Fsp3) is 0.429. The van der Waals surface area contributed by atoms with Gasteiger partial charge in [-0.3, -0.25) is 0 Å². The zero-order chi connectivity index (χ0) is 14.2. The van der Waals surface area contributed by atoms with Gasteiger partial charge in [-0.25, -0.2) is 4.98 Å². The van der Waals surface area contributed by atoms with Gasteiger partial charge in [0.1, 0.15) is 5.82 Å². The van der Waals surface area contributed by atoms with E-state index < -0.39 is 0 Å². The predicted molar refractivity (Wildman–Crippen MR) is 80.3 cm³/mol. The molecule has 0 aliphatic carbocycles. The molecule has 1 heterocycles. The third kappa shape index (κ3) is 3.79. The zero-order valence-electron chi connectivity index (χ0n) is 11.8. The second-order valence-electron chi connectivity index (χ2n) is 4.19. The van der Waals surface area contributed by atoms with Crippen LogP contribution in [-0.4, -0.2) is 50.5 Å². The molecule has 0 aliphatic heterocycles. The molecule has 0 radical (unpaired) electrons. The van der Waals surface area contributed by atoms with E-state index in [9.17, 15) is 0 Å². The summed E-state index contributed by atoms with van der Waals surface area (Å²) < 4.78 is 10.3. The minimum Gasteiger partial charge on any atom is -0.382 e. The molecule has 0 amide bonds. The van der Waals surface area contributed by atoms with Crippen LogP contribution in [0.1, 0.15) is 0 Å². The molecule has 2 rings (SSSR count). The Labute approximate surface area is 118 Å². The minimum absolute atomic E-state index is 0.602. The van der Waals surface area contributed by atoms with Gasteiger partial charge in [0.05, 0.1) is 25.3 Å². The molecule has 0 unspecified atom stereocenters. The quantitative estimate of drug-likeness (QED) is 0.716. The van der Waals surface area contributed by atoms with Crippen LogP contribution < -0.4 is 10.6 Å². The smallest absolute Gasteiger partial charge is 0.224 e. The molecule has 2 N–H and O–H groups in total. The Morgan fingerprint density at radius 2 is 1.95 bits per heavy atom. The maximum Gasteiger partial charge on any atom is 0.224 e. The number of methoxy groups -OCH3 is 1. The van der Waals surface area contributed by atoms with Crippen molar-refractivity contribution in [1.82, 2.24) is 9.97 Å². The van der Waals surface area contributed by atoms with Crippen molar-refractivity contribution in [1.29, 1.82) is 0 Å². The highest BCUT2D eigenvalue weighted by molar-refractivity contribution is 5.89. The maximum absolute atomic E-state index is 5.42. The number of hydrogen-bond acceptors (Lipinski definition) is 6. The number of para-hydroxylation sites is 1. The van der Waals surface area contributed by atoms with Crippen molar-refractivity contribution in [3.8, 4) is 0 Å². The average Bonchev–Trinajstić information content (AvgIpc) is 2.50. The van der Waals surface area contributed by atoms with E-state index in [1.54, 1.807) is 7.11 Å². The van der Waals surface area contributed by atoms with Crippen LogP contribution in [0.4, 0.5) is 11.8 Å². The van der Waals surface area contributed by atoms with Crippen LogP contribution in [0.5, 0.6) is 0 Å². The van der Waals surface area contributed by atoms with Crippen molar-refractivity contribution in [2.24, 2.45) is 0 Å². The molecule has 1 aromatic heterocycles. The first-order valence-corrected chi connectivity index (χ1v) is 6.60. The number of aromatic nitrogens is 2. The first-order chi connectivity index (χ1) is 9.85. The van der Waals surface area contributed by atoms with E-state index in [-0.39, 0.29) is 0 Å². The summed E-state index contributed by atoms with van der Waals surface area (Å²) in [5.74, 6) is 1.42. The van der Waals surface area contributed by atoms with Crippen molar-refractivity contribution < 1.29 is 9.47 Å². The third-order valence-electron chi connectivity index (χ3n) is 2.80. The van der Waals surface area contributed by atoms with Gasteiger partial charge < -0.3 is 20.1 Å². The maximum atomic E-state index is 5.42. The Morgan fingerprint density at radius 3 is 2.75 bits per heavy atom. The molecular weight excluding hydrogens is 256 g/mol. The lowest BCUT2D eigenvalue weighted by atomic mass is 10.2. The number of nitrogens with zero attached hydrogens (tertiary/aromatic N) is 2. The van der Waals surface area contributed by atoms with Gasteiger partial charge >= 0.3 is 0 Å². The van der Waals surface area contributed by atoms with E-state index >= 15 is 0 Å². The molecule has 0 saturated carbocycles. The lowest BCUT2D eigenvalue weighted by Gasteiger charge is -2.10. The second kappa shape index (κ2) is 7.62. The highest BCUT2D eigenvalue weighted by atomic mass is 16.5. The zero-order valence-corrected chi connectivity index (χ0v) is 11.8. The fourth-order valence-electron chi connectivity index (χ4n) is 1.81. The van der Waals surface area contributed by atoms with Crippen LogP contribution in [0.15, 0.2) is 24.3 Å². The largest absolute Gasteiger partial charge is 0.382 e. The number of benzene rings is 1. The van der Waals surface area contributed by atoms with Gasteiger partial charge in [0, 0.05) is 26.1 Å². The monoisotopic (exact) mass is 276 g/mol. The summed E-state index contributed by atoms with van der Waals surface area (Å²) in [4.78, 5) is 8.85. The van der Waals surface area contributed by atoms with Gasteiger partial charge in [-0.2, -0.15) is 4.98 Å². The van der Waals surface area contributed by atoms with Crippen molar-refractivity contribution >= 4 is 22.7 Å². The molecular formula is C14H20N4O2. The van der Waals surface area contributed by atoms with Crippen LogP contribution >= 0.6 is 0 Å². The summed E-state index contributed by atoms with van der Waals surface area (Å²) in [6.07, 6.45) is 0. The van der Waals surface area contributed by atoms with Gasteiger partial charge in [-0.15, -0.1) is 0 Å². The van der Waals surface area contributed by atoms with Crippen molar-refractivity contribution in [2.75, 3.05) is 51.2 Å². The molecule has 1 aromatic carbocycles. The Bertz CT molecular complexity index is 548. The second-order valence-corrected chi connectivity index (χ2v) is 4.19. The van der Waals surface area contributed by atoms with E-state index in [1.165, 1.54) is 0 Å². The molecule has 20 heavy (non-hydrogen) atoms. The Balaban J connectivity index is 2.01. The average molecular weight is 276 g/mol. The van der Waals surface area contributed by atoms with Gasteiger partial charge in [0.15, 0.2) is 0 Å². The number of fused-ring (bicyclic) bond motifs is 1. The van der Waals surface area contributed by atoms with Crippen LogP contribution in [-0.2, 0) is 9.47 Å². The molecule has 6 nitrogen and oxygen atoms in total. The lowest BCUT2D eigenvalue weighted by Crippen LogP contribution is -2.13. The normalized spacial score (nSPS) is 10.7. The number of rotatable bonds is 8.